The number of carbonyl (C=O) groups is 2. The number of fused-ring (bicyclic) bond motifs is 1. The zero-order valence-electron chi connectivity index (χ0n) is 15.3. The highest BCUT2D eigenvalue weighted by molar-refractivity contribution is 7.90. The Morgan fingerprint density at radius 2 is 1.93 bits per heavy atom. The van der Waals surface area contributed by atoms with Gasteiger partial charge in [-0.3, -0.25) is 4.79 Å². The van der Waals surface area contributed by atoms with Crippen molar-refractivity contribution < 1.29 is 27.9 Å². The number of likely N-dealkylation sites (tertiary alicyclic amines) is 1. The van der Waals surface area contributed by atoms with Gasteiger partial charge in [-0.1, -0.05) is 6.42 Å². The summed E-state index contributed by atoms with van der Waals surface area (Å²) in [5.41, 5.74) is 0. The molecule has 1 amide bonds. The molecule has 1 aromatic carbocycles. The van der Waals surface area contributed by atoms with Crippen molar-refractivity contribution in [3.05, 3.63) is 24.3 Å². The number of nitrogens with zero attached hydrogens (tertiary/aromatic N) is 1. The molecule has 1 saturated heterocycles. The maximum atomic E-state index is 12.5. The molecule has 0 spiro atoms. The molecule has 1 aromatic rings. The molecule has 27 heavy (non-hydrogen) atoms. The fourth-order valence-corrected chi connectivity index (χ4v) is 4.85. The first-order valence-corrected chi connectivity index (χ1v) is 11.1. The Kier molecular flexibility index (Phi) is 5.74. The van der Waals surface area contributed by atoms with Gasteiger partial charge >= 0.3 is 5.97 Å². The molecule has 0 radical (unpaired) electrons. The quantitative estimate of drug-likeness (QED) is 0.708. The number of carboxylic acids is 1. The number of benzene rings is 1. The van der Waals surface area contributed by atoms with Crippen LogP contribution in [0.2, 0.25) is 0 Å². The predicted octanol–water partition coefficient (Wildman–Crippen LogP) is 1.96. The Morgan fingerprint density at radius 3 is 2.56 bits per heavy atom. The molecule has 7 nitrogen and oxygen atoms in total. The Bertz CT molecular complexity index is 804. The topological polar surface area (TPSA) is 101 Å². The summed E-state index contributed by atoms with van der Waals surface area (Å²) in [7, 11) is -3.24. The molecule has 1 aliphatic carbocycles. The van der Waals surface area contributed by atoms with Gasteiger partial charge in [0.05, 0.1) is 11.5 Å². The number of carbonyl (C=O) groups excluding carboxylic acids is 1. The summed E-state index contributed by atoms with van der Waals surface area (Å²) in [6, 6.07) is 5.45. The van der Waals surface area contributed by atoms with Gasteiger partial charge in [-0.25, -0.2) is 13.2 Å². The van der Waals surface area contributed by atoms with Crippen LogP contribution in [0.3, 0.4) is 0 Å². The number of aliphatic carboxylic acids is 1. The first-order valence-electron chi connectivity index (χ1n) is 9.22. The summed E-state index contributed by atoms with van der Waals surface area (Å²) in [5, 5.41) is 9.52. The Balaban J connectivity index is 1.47. The van der Waals surface area contributed by atoms with Gasteiger partial charge in [0.2, 0.25) is 5.91 Å². The van der Waals surface area contributed by atoms with Gasteiger partial charge in [0.1, 0.15) is 11.8 Å². The van der Waals surface area contributed by atoms with Crippen LogP contribution in [0, 0.1) is 11.8 Å². The average Bonchev–Trinajstić information content (AvgIpc) is 3.18. The summed E-state index contributed by atoms with van der Waals surface area (Å²) in [4.78, 5) is 25.9. The summed E-state index contributed by atoms with van der Waals surface area (Å²) in [6.45, 7) is 0.858. The van der Waals surface area contributed by atoms with Crippen molar-refractivity contribution in [2.24, 2.45) is 11.8 Å². The second-order valence-electron chi connectivity index (χ2n) is 7.38. The minimum Gasteiger partial charge on any atom is -0.494 e. The van der Waals surface area contributed by atoms with Crippen LogP contribution in [0.5, 0.6) is 5.75 Å². The molecule has 1 saturated carbocycles. The third kappa shape index (κ3) is 4.43. The molecular formula is C19H25NO6S. The van der Waals surface area contributed by atoms with Crippen LogP contribution in [0.15, 0.2) is 29.2 Å². The minimum absolute atomic E-state index is 0.0936. The van der Waals surface area contributed by atoms with Crippen LogP contribution in [-0.2, 0) is 19.4 Å². The smallest absolute Gasteiger partial charge is 0.326 e. The van der Waals surface area contributed by atoms with Gasteiger partial charge in [-0.2, -0.15) is 0 Å². The van der Waals surface area contributed by atoms with E-state index in [0.29, 0.717) is 31.2 Å². The highest BCUT2D eigenvalue weighted by Gasteiger charge is 2.49. The summed E-state index contributed by atoms with van der Waals surface area (Å²) in [5.74, 6) is -0.0857. The van der Waals surface area contributed by atoms with Crippen LogP contribution in [0.4, 0.5) is 0 Å². The van der Waals surface area contributed by atoms with Crippen LogP contribution in [0.1, 0.15) is 32.1 Å². The molecule has 8 heteroatoms. The molecule has 3 unspecified atom stereocenters. The number of hydrogen-bond donors (Lipinski definition) is 1. The SMILES string of the molecule is CS(=O)(=O)c1ccc(OCCCC(=O)N2CC3CCCC3C2C(=O)O)cc1. The molecule has 3 rings (SSSR count). The van der Waals surface area contributed by atoms with E-state index in [1.807, 2.05) is 0 Å². The van der Waals surface area contributed by atoms with E-state index >= 15 is 0 Å². The third-order valence-electron chi connectivity index (χ3n) is 5.52. The average molecular weight is 395 g/mol. The lowest BCUT2D eigenvalue weighted by atomic mass is 9.94. The van der Waals surface area contributed by atoms with Gasteiger partial charge in [0.25, 0.3) is 0 Å². The largest absolute Gasteiger partial charge is 0.494 e. The van der Waals surface area contributed by atoms with E-state index in [0.717, 1.165) is 25.5 Å². The lowest BCUT2D eigenvalue weighted by molar-refractivity contribution is -0.149. The molecule has 0 bridgehead atoms. The third-order valence-corrected chi connectivity index (χ3v) is 6.65. The highest BCUT2D eigenvalue weighted by atomic mass is 32.2. The number of hydrogen-bond acceptors (Lipinski definition) is 5. The van der Waals surface area contributed by atoms with Crippen molar-refractivity contribution in [1.82, 2.24) is 4.90 Å². The minimum atomic E-state index is -3.24. The summed E-state index contributed by atoms with van der Waals surface area (Å²) < 4.78 is 28.4. The number of ether oxygens (including phenoxy) is 1. The van der Waals surface area contributed by atoms with E-state index in [1.54, 1.807) is 12.1 Å². The van der Waals surface area contributed by atoms with E-state index < -0.39 is 21.8 Å². The van der Waals surface area contributed by atoms with Gasteiger partial charge in [0.15, 0.2) is 9.84 Å². The Hall–Kier alpha value is -2.09. The fourth-order valence-electron chi connectivity index (χ4n) is 4.22. The van der Waals surface area contributed by atoms with E-state index in [-0.39, 0.29) is 23.1 Å². The van der Waals surface area contributed by atoms with Crippen molar-refractivity contribution >= 4 is 21.7 Å². The second-order valence-corrected chi connectivity index (χ2v) is 9.40. The molecule has 148 valence electrons. The molecule has 0 aromatic heterocycles. The van der Waals surface area contributed by atoms with Gasteiger partial charge in [-0.15, -0.1) is 0 Å². The van der Waals surface area contributed by atoms with E-state index in [2.05, 4.69) is 0 Å². The fraction of sp³-hybridized carbons (Fsp3) is 0.579. The molecule has 3 atom stereocenters. The van der Waals surface area contributed by atoms with Crippen LogP contribution < -0.4 is 4.74 Å². The molecule has 1 heterocycles. The zero-order valence-corrected chi connectivity index (χ0v) is 16.2. The number of amides is 1. The lowest BCUT2D eigenvalue weighted by Crippen LogP contribution is -2.43. The van der Waals surface area contributed by atoms with Crippen molar-refractivity contribution in [1.29, 1.82) is 0 Å². The Morgan fingerprint density at radius 1 is 1.22 bits per heavy atom. The first-order chi connectivity index (χ1) is 12.8. The van der Waals surface area contributed by atoms with Crippen molar-refractivity contribution in [3.8, 4) is 5.75 Å². The van der Waals surface area contributed by atoms with Crippen molar-refractivity contribution in [2.45, 2.75) is 43.0 Å². The molecule has 1 N–H and O–H groups in total. The summed E-state index contributed by atoms with van der Waals surface area (Å²) >= 11 is 0. The highest BCUT2D eigenvalue weighted by Crippen LogP contribution is 2.42. The van der Waals surface area contributed by atoms with Crippen molar-refractivity contribution in [3.63, 3.8) is 0 Å². The molecule has 2 aliphatic rings. The monoisotopic (exact) mass is 395 g/mol. The second kappa shape index (κ2) is 7.88. The maximum absolute atomic E-state index is 12.5. The van der Waals surface area contributed by atoms with E-state index in [9.17, 15) is 23.1 Å². The molecule has 2 fully saturated rings. The van der Waals surface area contributed by atoms with E-state index in [4.69, 9.17) is 4.74 Å². The molecule has 1 aliphatic heterocycles. The zero-order chi connectivity index (χ0) is 19.6. The first kappa shape index (κ1) is 19.7. The van der Waals surface area contributed by atoms with Crippen LogP contribution >= 0.6 is 0 Å². The van der Waals surface area contributed by atoms with Gasteiger partial charge < -0.3 is 14.7 Å². The van der Waals surface area contributed by atoms with E-state index in [1.165, 1.54) is 17.0 Å². The molecular weight excluding hydrogens is 370 g/mol. The lowest BCUT2D eigenvalue weighted by Gasteiger charge is -2.24. The number of carboxylic acid groups (broad SMARTS) is 1. The standard InChI is InChI=1S/C19H25NO6S/c1-27(24,25)15-9-7-14(8-10-15)26-11-3-6-17(21)20-12-13-4-2-5-16(13)18(20)19(22)23/h7-10,13,16,18H,2-6,11-12H2,1H3,(H,22,23). The normalized spacial score (nSPS) is 24.6. The predicted molar refractivity (Wildman–Crippen MR) is 98.2 cm³/mol. The van der Waals surface area contributed by atoms with Crippen molar-refractivity contribution in [2.75, 3.05) is 19.4 Å². The Labute approximate surface area is 159 Å². The number of sulfone groups is 1. The van der Waals surface area contributed by atoms with Gasteiger partial charge in [-0.05, 0) is 55.4 Å². The summed E-state index contributed by atoms with van der Waals surface area (Å²) in [6.07, 6.45) is 4.80. The number of rotatable bonds is 7. The maximum Gasteiger partial charge on any atom is 0.326 e. The van der Waals surface area contributed by atoms with Crippen LogP contribution in [-0.4, -0.2) is 55.7 Å². The van der Waals surface area contributed by atoms with Crippen LogP contribution in [0.25, 0.3) is 0 Å². The van der Waals surface area contributed by atoms with Gasteiger partial charge in [0, 0.05) is 19.2 Å².